The van der Waals surface area contributed by atoms with Crippen molar-refractivity contribution < 1.29 is 19.8 Å². The van der Waals surface area contributed by atoms with Gasteiger partial charge in [-0.3, -0.25) is 9.59 Å². The third-order valence-electron chi connectivity index (χ3n) is 10.1. The molecule has 0 aromatic heterocycles. The third-order valence-corrected chi connectivity index (χ3v) is 10.1. The maximum absolute atomic E-state index is 12.1. The lowest BCUT2D eigenvalue weighted by Gasteiger charge is -2.62. The second-order valence-electron chi connectivity index (χ2n) is 11.2. The van der Waals surface area contributed by atoms with Gasteiger partial charge in [0.1, 0.15) is 5.78 Å². The quantitative estimate of drug-likeness (QED) is 0.730. The van der Waals surface area contributed by atoms with E-state index in [1.165, 1.54) is 19.3 Å². The molecule has 1 unspecified atom stereocenters. The van der Waals surface area contributed by atoms with E-state index < -0.39 is 5.97 Å². The third kappa shape index (κ3) is 3.05. The summed E-state index contributed by atoms with van der Waals surface area (Å²) in [5, 5.41) is 20.3. The van der Waals surface area contributed by atoms with Crippen LogP contribution in [-0.4, -0.2) is 28.1 Å². The Balaban J connectivity index is 1.56. The predicted molar refractivity (Wildman–Crippen MR) is 108 cm³/mol. The van der Waals surface area contributed by atoms with E-state index in [-0.39, 0.29) is 23.4 Å². The fourth-order valence-electron chi connectivity index (χ4n) is 8.54. The summed E-state index contributed by atoms with van der Waals surface area (Å²) in [4.78, 5) is 23.1. The van der Waals surface area contributed by atoms with Crippen molar-refractivity contribution in [3.05, 3.63) is 0 Å². The van der Waals surface area contributed by atoms with Gasteiger partial charge < -0.3 is 10.2 Å². The zero-order chi connectivity index (χ0) is 20.3. The van der Waals surface area contributed by atoms with E-state index in [1.54, 1.807) is 0 Å². The summed E-state index contributed by atoms with van der Waals surface area (Å²) in [6, 6.07) is 0. The van der Waals surface area contributed by atoms with Crippen molar-refractivity contribution in [3.8, 4) is 0 Å². The Morgan fingerprint density at radius 1 is 1.14 bits per heavy atom. The number of hydrogen-bond acceptors (Lipinski definition) is 3. The van der Waals surface area contributed by atoms with Crippen LogP contribution in [0.2, 0.25) is 0 Å². The van der Waals surface area contributed by atoms with Gasteiger partial charge in [-0.05, 0) is 91.3 Å². The molecule has 4 saturated carbocycles. The van der Waals surface area contributed by atoms with E-state index in [0.29, 0.717) is 47.7 Å². The van der Waals surface area contributed by atoms with Crippen LogP contribution < -0.4 is 0 Å². The average Bonchev–Trinajstić information content (AvgIpc) is 2.98. The molecule has 4 aliphatic carbocycles. The molecule has 0 bridgehead atoms. The molecule has 0 radical (unpaired) electrons. The van der Waals surface area contributed by atoms with Crippen LogP contribution in [0.15, 0.2) is 0 Å². The molecular weight excluding hydrogens is 352 g/mol. The fraction of sp³-hybridized carbons (Fsp3) is 0.917. The Bertz CT molecular complexity index is 645. The number of carbonyl (C=O) groups excluding carboxylic acids is 1. The molecule has 0 saturated heterocycles. The maximum Gasteiger partial charge on any atom is 0.303 e. The monoisotopic (exact) mass is 390 g/mol. The zero-order valence-corrected chi connectivity index (χ0v) is 17.8. The lowest BCUT2D eigenvalue weighted by atomic mass is 9.44. The minimum Gasteiger partial charge on any atom is -0.481 e. The van der Waals surface area contributed by atoms with Crippen LogP contribution in [0.4, 0.5) is 0 Å². The van der Waals surface area contributed by atoms with E-state index in [2.05, 4.69) is 20.8 Å². The molecule has 0 aliphatic heterocycles. The summed E-state index contributed by atoms with van der Waals surface area (Å²) >= 11 is 0. The predicted octanol–water partition coefficient (Wildman–Crippen LogP) is 4.69. The van der Waals surface area contributed by atoms with Crippen molar-refractivity contribution in [1.29, 1.82) is 0 Å². The molecule has 4 aliphatic rings. The van der Waals surface area contributed by atoms with Crippen molar-refractivity contribution in [2.45, 2.75) is 91.1 Å². The van der Waals surface area contributed by atoms with Crippen LogP contribution >= 0.6 is 0 Å². The van der Waals surface area contributed by atoms with Crippen molar-refractivity contribution in [1.82, 2.24) is 0 Å². The minimum absolute atomic E-state index is 0.214. The Morgan fingerprint density at radius 2 is 1.86 bits per heavy atom. The number of hydrogen-bond donors (Lipinski definition) is 2. The van der Waals surface area contributed by atoms with Gasteiger partial charge in [-0.1, -0.05) is 20.8 Å². The summed E-state index contributed by atoms with van der Waals surface area (Å²) < 4.78 is 0. The average molecular weight is 391 g/mol. The number of carbonyl (C=O) groups is 2. The van der Waals surface area contributed by atoms with Crippen LogP contribution in [0.3, 0.4) is 0 Å². The molecule has 4 heteroatoms. The van der Waals surface area contributed by atoms with Gasteiger partial charge in [0.15, 0.2) is 0 Å². The molecule has 9 atom stereocenters. The van der Waals surface area contributed by atoms with E-state index in [9.17, 15) is 14.7 Å². The van der Waals surface area contributed by atoms with Crippen molar-refractivity contribution in [2.75, 3.05) is 0 Å². The molecule has 0 amide bonds. The lowest BCUT2D eigenvalue weighted by molar-refractivity contribution is -0.169. The number of carboxylic acid groups (broad SMARTS) is 1. The number of Topliss-reactive ketones (excluding diaryl/α,β-unsaturated/α-hetero) is 1. The number of aliphatic carboxylic acids is 1. The summed E-state index contributed by atoms with van der Waals surface area (Å²) in [7, 11) is 0. The van der Waals surface area contributed by atoms with Crippen molar-refractivity contribution in [2.24, 2.45) is 46.3 Å². The maximum atomic E-state index is 12.1. The van der Waals surface area contributed by atoms with Gasteiger partial charge in [0, 0.05) is 19.3 Å². The summed E-state index contributed by atoms with van der Waals surface area (Å²) in [5.41, 5.74) is 0.444. The number of rotatable bonds is 4. The van der Waals surface area contributed by atoms with Gasteiger partial charge in [-0.15, -0.1) is 0 Å². The molecule has 4 rings (SSSR count). The number of carboxylic acids is 1. The molecule has 0 spiro atoms. The van der Waals surface area contributed by atoms with Gasteiger partial charge in [-0.25, -0.2) is 0 Å². The zero-order valence-electron chi connectivity index (χ0n) is 17.8. The van der Waals surface area contributed by atoms with E-state index in [4.69, 9.17) is 5.11 Å². The number of aliphatic hydroxyl groups excluding tert-OH is 1. The number of ketones is 1. The standard InChI is InChI=1S/C24H38O4/c1-14(4-7-21(27)28)17-5-6-18-22-19(9-11-24(17,18)3)23(2)10-8-16(25)12-15(23)13-20(22)26/h14-15,17-20,22,26H,4-13H2,1-3H3,(H,27,28)/t14?,15-,17+,18-,19-,20-,22-,23-,24+/m0/s1. The van der Waals surface area contributed by atoms with Crippen LogP contribution in [0.25, 0.3) is 0 Å². The van der Waals surface area contributed by atoms with E-state index in [0.717, 1.165) is 32.1 Å². The summed E-state index contributed by atoms with van der Waals surface area (Å²) in [6.07, 6.45) is 8.68. The van der Waals surface area contributed by atoms with Gasteiger partial charge in [0.2, 0.25) is 0 Å². The lowest BCUT2D eigenvalue weighted by Crippen LogP contribution is -2.58. The van der Waals surface area contributed by atoms with Gasteiger partial charge in [0.25, 0.3) is 0 Å². The molecule has 4 fully saturated rings. The highest BCUT2D eigenvalue weighted by atomic mass is 16.4. The first kappa shape index (κ1) is 20.4. The molecule has 2 N–H and O–H groups in total. The van der Waals surface area contributed by atoms with Crippen molar-refractivity contribution >= 4 is 11.8 Å². The Kier molecular flexibility index (Phi) is 5.17. The Morgan fingerprint density at radius 3 is 2.57 bits per heavy atom. The number of aliphatic hydroxyl groups is 1. The molecule has 4 nitrogen and oxygen atoms in total. The highest BCUT2D eigenvalue weighted by Crippen LogP contribution is 2.68. The van der Waals surface area contributed by atoms with E-state index >= 15 is 0 Å². The largest absolute Gasteiger partial charge is 0.481 e. The molecule has 158 valence electrons. The second kappa shape index (κ2) is 7.11. The SMILES string of the molecule is CC(CCC(=O)O)[C@H]1CC[C@H]2[C@@H]3[C@@H](O)C[C@@H]4CC(=O)CC[C@]4(C)[C@H]3CC[C@]12C. The highest BCUT2D eigenvalue weighted by Gasteiger charge is 2.62. The normalized spacial score (nSPS) is 49.1. The summed E-state index contributed by atoms with van der Waals surface area (Å²) in [5.74, 6) is 2.52. The van der Waals surface area contributed by atoms with Crippen molar-refractivity contribution in [3.63, 3.8) is 0 Å². The van der Waals surface area contributed by atoms with Gasteiger partial charge >= 0.3 is 5.97 Å². The Hall–Kier alpha value is -0.900. The summed E-state index contributed by atoms with van der Waals surface area (Å²) in [6.45, 7) is 7.10. The fourth-order valence-corrected chi connectivity index (χ4v) is 8.54. The first-order valence-electron chi connectivity index (χ1n) is 11.6. The molecule has 28 heavy (non-hydrogen) atoms. The number of fused-ring (bicyclic) bond motifs is 5. The van der Waals surface area contributed by atoms with Gasteiger partial charge in [0.05, 0.1) is 6.10 Å². The van der Waals surface area contributed by atoms with Crippen LogP contribution in [0, 0.1) is 46.3 Å². The first-order chi connectivity index (χ1) is 13.2. The van der Waals surface area contributed by atoms with Crippen LogP contribution in [-0.2, 0) is 9.59 Å². The molecule has 0 aromatic carbocycles. The van der Waals surface area contributed by atoms with Gasteiger partial charge in [-0.2, -0.15) is 0 Å². The smallest absolute Gasteiger partial charge is 0.303 e. The van der Waals surface area contributed by atoms with Crippen LogP contribution in [0.1, 0.15) is 85.0 Å². The van der Waals surface area contributed by atoms with E-state index in [1.807, 2.05) is 0 Å². The highest BCUT2D eigenvalue weighted by molar-refractivity contribution is 5.79. The second-order valence-corrected chi connectivity index (χ2v) is 11.2. The Labute approximate surface area is 169 Å². The minimum atomic E-state index is -0.691. The molecular formula is C24H38O4. The topological polar surface area (TPSA) is 74.6 Å². The van der Waals surface area contributed by atoms with Crippen LogP contribution in [0.5, 0.6) is 0 Å². The molecule has 0 heterocycles. The first-order valence-corrected chi connectivity index (χ1v) is 11.6. The molecule has 0 aromatic rings.